The maximum Gasteiger partial charge on any atom is 0.265 e. The monoisotopic (exact) mass is 564 g/mol. The number of sulfonamides is 1. The Kier molecular flexibility index (Phi) is 10.2. The molecule has 5 N–H and O–H groups in total. The van der Waals surface area contributed by atoms with Gasteiger partial charge in [-0.1, -0.05) is 30.3 Å². The Morgan fingerprint density at radius 1 is 0.974 bits per heavy atom. The van der Waals surface area contributed by atoms with Crippen LogP contribution in [0.1, 0.15) is 12.5 Å². The van der Waals surface area contributed by atoms with Gasteiger partial charge in [0.15, 0.2) is 6.35 Å². The number of ether oxygens (including phenoxy) is 2. The third-order valence-corrected chi connectivity index (χ3v) is 7.61. The van der Waals surface area contributed by atoms with Gasteiger partial charge in [0.25, 0.3) is 7.37 Å². The fraction of sp³-hybridized carbons (Fsp3) is 0.308. The lowest BCUT2D eigenvalue weighted by molar-refractivity contribution is 0.104. The van der Waals surface area contributed by atoms with Gasteiger partial charge in [-0.3, -0.25) is 9.29 Å². The third kappa shape index (κ3) is 9.66. The van der Waals surface area contributed by atoms with Crippen LogP contribution in [0.4, 0.5) is 5.69 Å². The summed E-state index contributed by atoms with van der Waals surface area (Å²) in [6.45, 7) is 2.20. The first kappa shape index (κ1) is 29.5. The Bertz CT molecular complexity index is 1340. The van der Waals surface area contributed by atoms with Gasteiger partial charge in [0.2, 0.25) is 10.0 Å². The summed E-state index contributed by atoms with van der Waals surface area (Å²) in [6.07, 6.45) is 0.510. The molecule has 0 fully saturated rings. The number of hydrogen-bond donors (Lipinski definition) is 5. The minimum atomic E-state index is -3.61. The molecule has 3 aromatic carbocycles. The summed E-state index contributed by atoms with van der Waals surface area (Å²) in [4.78, 5) is 10.2. The van der Waals surface area contributed by atoms with Crippen molar-refractivity contribution in [2.24, 2.45) is 0 Å². The molecule has 0 aliphatic carbocycles. The summed E-state index contributed by atoms with van der Waals surface area (Å²) in [5.41, 5.74) is 1.01. The number of aliphatic hydroxyl groups excluding tert-OH is 1. The molecule has 12 heteroatoms. The van der Waals surface area contributed by atoms with Gasteiger partial charge in [-0.05, 0) is 55.3 Å². The van der Waals surface area contributed by atoms with Crippen molar-refractivity contribution in [2.45, 2.75) is 25.5 Å². The normalized spacial score (nSPS) is 14.7. The van der Waals surface area contributed by atoms with Gasteiger partial charge in [0.1, 0.15) is 30.0 Å². The number of anilines is 1. The Morgan fingerprint density at radius 3 is 2.29 bits per heavy atom. The zero-order chi connectivity index (χ0) is 27.8. The maximum atomic E-state index is 12.5. The van der Waals surface area contributed by atoms with Gasteiger partial charge in [0, 0.05) is 24.0 Å². The Hall–Kier alpha value is -3.08. The van der Waals surface area contributed by atoms with E-state index in [1.165, 1.54) is 18.2 Å². The standard InChI is InChI=1S/C26H33N2O8PS/c1-19(27-16-21(29)17-35-23-12-13-26(30)25(15-23)28-38(2,33)34)14-20-8-10-22(11-9-20)36-18-37(31,32)24-6-4-3-5-7-24/h3-13,15,19,21,27-30H,14,16-18H2,1-2H3,(H,31,32)/t19-,21+/m1/s1. The lowest BCUT2D eigenvalue weighted by atomic mass is 10.1. The zero-order valence-corrected chi connectivity index (χ0v) is 22.9. The van der Waals surface area contributed by atoms with Crippen LogP contribution in [0.15, 0.2) is 72.8 Å². The second-order valence-electron chi connectivity index (χ2n) is 8.99. The predicted molar refractivity (Wildman–Crippen MR) is 147 cm³/mol. The summed E-state index contributed by atoms with van der Waals surface area (Å²) in [5, 5.41) is 23.6. The van der Waals surface area contributed by atoms with Gasteiger partial charge in [0.05, 0.1) is 11.9 Å². The third-order valence-electron chi connectivity index (χ3n) is 5.44. The molecule has 0 amide bonds. The number of phenols is 1. The minimum Gasteiger partial charge on any atom is -0.506 e. The van der Waals surface area contributed by atoms with E-state index in [1.54, 1.807) is 42.5 Å². The number of phenolic OH excluding ortho intramolecular Hbond substituents is 1. The maximum absolute atomic E-state index is 12.5. The lowest BCUT2D eigenvalue weighted by Gasteiger charge is -2.18. The molecule has 0 spiro atoms. The van der Waals surface area contributed by atoms with Gasteiger partial charge in [-0.2, -0.15) is 0 Å². The summed E-state index contributed by atoms with van der Waals surface area (Å²) >= 11 is 0. The van der Waals surface area contributed by atoms with Crippen molar-refractivity contribution in [1.82, 2.24) is 5.32 Å². The van der Waals surface area contributed by atoms with E-state index in [-0.39, 0.29) is 37.0 Å². The number of benzene rings is 3. The molecular formula is C26H33N2O8PS. The van der Waals surface area contributed by atoms with Crippen LogP contribution in [-0.4, -0.2) is 61.4 Å². The molecule has 1 unspecified atom stereocenters. The van der Waals surface area contributed by atoms with Gasteiger partial charge >= 0.3 is 0 Å². The van der Waals surface area contributed by atoms with Crippen LogP contribution in [0.5, 0.6) is 17.2 Å². The van der Waals surface area contributed by atoms with Gasteiger partial charge in [-0.15, -0.1) is 0 Å². The van der Waals surface area contributed by atoms with Crippen LogP contribution in [0.2, 0.25) is 0 Å². The molecule has 206 valence electrons. The van der Waals surface area contributed by atoms with E-state index in [0.29, 0.717) is 23.2 Å². The second kappa shape index (κ2) is 13.1. The summed E-state index contributed by atoms with van der Waals surface area (Å²) in [7, 11) is -7.17. The molecule has 0 radical (unpaired) electrons. The molecule has 10 nitrogen and oxygen atoms in total. The van der Waals surface area contributed by atoms with Crippen LogP contribution in [0, 0.1) is 0 Å². The van der Waals surface area contributed by atoms with Crippen molar-refractivity contribution in [1.29, 1.82) is 0 Å². The van der Waals surface area contributed by atoms with E-state index in [2.05, 4.69) is 10.0 Å². The van der Waals surface area contributed by atoms with Crippen molar-refractivity contribution in [3.05, 3.63) is 78.4 Å². The molecule has 0 aliphatic rings. The van der Waals surface area contributed by atoms with Crippen LogP contribution >= 0.6 is 7.37 Å². The molecule has 0 aromatic heterocycles. The highest BCUT2D eigenvalue weighted by atomic mass is 32.2. The summed E-state index contributed by atoms with van der Waals surface area (Å²) < 4.78 is 48.6. The van der Waals surface area contributed by atoms with Crippen molar-refractivity contribution >= 4 is 28.4 Å². The molecule has 3 rings (SSSR count). The number of nitrogens with one attached hydrogen (secondary N) is 2. The molecule has 0 saturated carbocycles. The van der Waals surface area contributed by atoms with Crippen molar-refractivity contribution < 1.29 is 37.6 Å². The minimum absolute atomic E-state index is 0.00998. The molecular weight excluding hydrogens is 531 g/mol. The van der Waals surface area contributed by atoms with E-state index in [9.17, 15) is 28.1 Å². The number of rotatable bonds is 14. The van der Waals surface area contributed by atoms with Crippen molar-refractivity contribution in [3.63, 3.8) is 0 Å². The van der Waals surface area contributed by atoms with Crippen LogP contribution < -0.4 is 24.8 Å². The number of aromatic hydroxyl groups is 1. The van der Waals surface area contributed by atoms with E-state index in [4.69, 9.17) is 9.47 Å². The topological polar surface area (TPSA) is 154 Å². The van der Waals surface area contributed by atoms with E-state index in [0.717, 1.165) is 11.8 Å². The SMILES string of the molecule is C[C@H](Cc1ccc(OCP(=O)(O)c2ccccc2)cc1)NC[C@H](O)COc1ccc(O)c(NS(C)(=O)=O)c1. The fourth-order valence-electron chi connectivity index (χ4n) is 3.52. The molecule has 3 aromatic rings. The van der Waals surface area contributed by atoms with E-state index >= 15 is 0 Å². The molecule has 0 saturated heterocycles. The van der Waals surface area contributed by atoms with Gasteiger partial charge in [-0.25, -0.2) is 8.42 Å². The highest BCUT2D eigenvalue weighted by molar-refractivity contribution is 7.92. The smallest absolute Gasteiger partial charge is 0.265 e. The average molecular weight is 565 g/mol. The van der Waals surface area contributed by atoms with Crippen LogP contribution in [-0.2, 0) is 21.0 Å². The quantitative estimate of drug-likeness (QED) is 0.147. The van der Waals surface area contributed by atoms with Crippen LogP contribution in [0.3, 0.4) is 0 Å². The van der Waals surface area contributed by atoms with Crippen LogP contribution in [0.25, 0.3) is 0 Å². The molecule has 0 heterocycles. The van der Waals surface area contributed by atoms with Gasteiger partial charge < -0.3 is 29.9 Å². The average Bonchev–Trinajstić information content (AvgIpc) is 2.87. The summed E-state index contributed by atoms with van der Waals surface area (Å²) in [5.74, 6) is 0.555. The predicted octanol–water partition coefficient (Wildman–Crippen LogP) is 2.66. The lowest BCUT2D eigenvalue weighted by Crippen LogP contribution is -2.37. The van der Waals surface area contributed by atoms with E-state index in [1.807, 2.05) is 19.1 Å². The Balaban J connectivity index is 1.41. The van der Waals surface area contributed by atoms with Crippen molar-refractivity contribution in [2.75, 3.05) is 30.5 Å². The zero-order valence-electron chi connectivity index (χ0n) is 21.1. The molecule has 3 atom stereocenters. The molecule has 38 heavy (non-hydrogen) atoms. The van der Waals surface area contributed by atoms with E-state index < -0.39 is 23.5 Å². The highest BCUT2D eigenvalue weighted by Gasteiger charge is 2.22. The fourth-order valence-corrected chi connectivity index (χ4v) is 5.19. The summed E-state index contributed by atoms with van der Waals surface area (Å²) in [6, 6.07) is 19.8. The number of hydrogen-bond acceptors (Lipinski definition) is 8. The first-order chi connectivity index (χ1) is 17.9. The highest BCUT2D eigenvalue weighted by Crippen LogP contribution is 2.39. The molecule has 0 aliphatic heterocycles. The first-order valence-electron chi connectivity index (χ1n) is 11.9. The second-order valence-corrected chi connectivity index (χ2v) is 12.9. The molecule has 0 bridgehead atoms. The Morgan fingerprint density at radius 2 is 1.63 bits per heavy atom. The largest absolute Gasteiger partial charge is 0.506 e. The number of aliphatic hydroxyl groups is 1. The first-order valence-corrected chi connectivity index (χ1v) is 15.6. The Labute approximate surface area is 222 Å². The van der Waals surface area contributed by atoms with Crippen molar-refractivity contribution in [3.8, 4) is 17.2 Å².